The van der Waals surface area contributed by atoms with Crippen LogP contribution in [0.2, 0.25) is 0 Å². The summed E-state index contributed by atoms with van der Waals surface area (Å²) in [7, 11) is 0. The van der Waals surface area contributed by atoms with Crippen LogP contribution in [0.3, 0.4) is 0 Å². The Morgan fingerprint density at radius 1 is 0.375 bits per heavy atom. The summed E-state index contributed by atoms with van der Waals surface area (Å²) in [6.45, 7) is 10.2. The van der Waals surface area contributed by atoms with Gasteiger partial charge in [-0.2, -0.15) is 0 Å². The lowest BCUT2D eigenvalue weighted by Gasteiger charge is -2.50. The van der Waals surface area contributed by atoms with Gasteiger partial charge in [-0.05, 0) is 143 Å². The molecule has 7 aromatic carbocycles. The first-order chi connectivity index (χ1) is 27.3. The molecule has 0 bridgehead atoms. The van der Waals surface area contributed by atoms with Gasteiger partial charge in [0.25, 0.3) is 0 Å². The van der Waals surface area contributed by atoms with Crippen molar-refractivity contribution in [2.75, 3.05) is 9.80 Å². The zero-order valence-electron chi connectivity index (χ0n) is 33.4. The van der Waals surface area contributed by atoms with Gasteiger partial charge >= 0.3 is 0 Å². The van der Waals surface area contributed by atoms with Crippen molar-refractivity contribution < 1.29 is 0 Å². The Balaban J connectivity index is 1.12. The zero-order valence-corrected chi connectivity index (χ0v) is 33.4. The Bertz CT molecular complexity index is 2440. The lowest BCUT2D eigenvalue weighted by molar-refractivity contribution is 0.195. The Morgan fingerprint density at radius 2 is 0.714 bits per heavy atom. The number of fused-ring (bicyclic) bond motifs is 8. The summed E-state index contributed by atoms with van der Waals surface area (Å²) in [6, 6.07) is 55.6. The average Bonchev–Trinajstić information content (AvgIpc) is 3.57. The molecule has 4 unspecified atom stereocenters. The molecule has 0 saturated heterocycles. The van der Waals surface area contributed by atoms with E-state index in [0.29, 0.717) is 0 Å². The van der Waals surface area contributed by atoms with Gasteiger partial charge in [0, 0.05) is 33.6 Å². The second-order valence-electron chi connectivity index (χ2n) is 18.3. The van der Waals surface area contributed by atoms with Gasteiger partial charge in [-0.1, -0.05) is 137 Å². The highest BCUT2D eigenvalue weighted by Gasteiger charge is 2.59. The molecular weight excluding hydrogens is 677 g/mol. The third-order valence-corrected chi connectivity index (χ3v) is 15.7. The largest absolute Gasteiger partial charge is 0.334 e. The molecule has 2 saturated carbocycles. The monoisotopic (exact) mass is 728 g/mol. The fraction of sp³-hybridized carbons (Fsp3) is 0.296. The van der Waals surface area contributed by atoms with Crippen LogP contribution in [0, 0.1) is 0 Å². The third kappa shape index (κ3) is 4.39. The predicted octanol–water partition coefficient (Wildman–Crippen LogP) is 14.8. The van der Waals surface area contributed by atoms with Crippen molar-refractivity contribution in [3.05, 3.63) is 157 Å². The Hall–Kier alpha value is -5.34. The molecule has 7 aromatic rings. The summed E-state index contributed by atoms with van der Waals surface area (Å²) in [4.78, 5) is 5.38. The van der Waals surface area contributed by atoms with Crippen molar-refractivity contribution in [1.82, 2.24) is 0 Å². The number of nitrogens with zero attached hydrogens (tertiary/aromatic N) is 2. The first-order valence-electron chi connectivity index (χ1n) is 21.2. The summed E-state index contributed by atoms with van der Waals surface area (Å²) in [5.74, 6) is 0. The normalized spacial score (nSPS) is 26.6. The maximum absolute atomic E-state index is 2.69. The van der Waals surface area contributed by atoms with Gasteiger partial charge in [0.1, 0.15) is 0 Å². The van der Waals surface area contributed by atoms with Crippen LogP contribution in [-0.4, -0.2) is 11.1 Å². The number of hydrogen-bond acceptors (Lipinski definition) is 2. The Labute approximate surface area is 332 Å². The first-order valence-corrected chi connectivity index (χ1v) is 21.2. The van der Waals surface area contributed by atoms with E-state index in [1.807, 2.05) is 0 Å². The molecule has 4 atom stereocenters. The van der Waals surface area contributed by atoms with Crippen LogP contribution < -0.4 is 9.80 Å². The highest BCUT2D eigenvalue weighted by atomic mass is 15.3. The van der Waals surface area contributed by atoms with Gasteiger partial charge in [-0.3, -0.25) is 0 Å². The summed E-state index contributed by atoms with van der Waals surface area (Å²) in [5.41, 5.74) is 13.9. The molecule has 2 aliphatic heterocycles. The van der Waals surface area contributed by atoms with Crippen molar-refractivity contribution in [3.63, 3.8) is 0 Å². The molecule has 0 spiro atoms. The van der Waals surface area contributed by atoms with Gasteiger partial charge in [-0.25, -0.2) is 0 Å². The third-order valence-electron chi connectivity index (χ3n) is 15.7. The van der Waals surface area contributed by atoms with E-state index in [4.69, 9.17) is 0 Å². The molecule has 2 heteroatoms. The molecule has 2 nitrogen and oxygen atoms in total. The molecule has 0 radical (unpaired) electrons. The smallest absolute Gasteiger partial charge is 0.0517 e. The predicted molar refractivity (Wildman–Crippen MR) is 238 cm³/mol. The highest BCUT2D eigenvalue weighted by Crippen LogP contribution is 2.63. The lowest BCUT2D eigenvalue weighted by atomic mass is 9.61. The number of rotatable bonds is 4. The molecule has 0 aromatic heterocycles. The van der Waals surface area contributed by atoms with Crippen LogP contribution in [0.25, 0.3) is 43.8 Å². The van der Waals surface area contributed by atoms with E-state index in [9.17, 15) is 0 Å². The molecule has 2 aliphatic carbocycles. The fourth-order valence-corrected chi connectivity index (χ4v) is 12.5. The number of hydrogen-bond donors (Lipinski definition) is 0. The van der Waals surface area contributed by atoms with Gasteiger partial charge in [-0.15, -0.1) is 0 Å². The van der Waals surface area contributed by atoms with E-state index in [2.05, 4.69) is 183 Å². The number of anilines is 4. The zero-order chi connectivity index (χ0) is 37.9. The second-order valence-corrected chi connectivity index (χ2v) is 18.3. The summed E-state index contributed by atoms with van der Waals surface area (Å²) < 4.78 is 0. The van der Waals surface area contributed by atoms with Crippen molar-refractivity contribution in [2.45, 2.75) is 101 Å². The van der Waals surface area contributed by atoms with Crippen molar-refractivity contribution in [2.24, 2.45) is 0 Å². The molecule has 2 heterocycles. The van der Waals surface area contributed by atoms with E-state index >= 15 is 0 Å². The minimum absolute atomic E-state index is 0.0241. The van der Waals surface area contributed by atoms with Crippen molar-refractivity contribution in [1.29, 1.82) is 0 Å². The van der Waals surface area contributed by atoms with E-state index in [0.717, 1.165) is 0 Å². The molecule has 56 heavy (non-hydrogen) atoms. The molecule has 0 amide bonds. The number of benzene rings is 7. The number of para-hydroxylation sites is 2. The van der Waals surface area contributed by atoms with Crippen LogP contribution in [-0.2, 0) is 10.8 Å². The molecular formula is C54H52N2. The molecule has 278 valence electrons. The minimum atomic E-state index is 0.0241. The van der Waals surface area contributed by atoms with E-state index in [1.165, 1.54) is 129 Å². The fourth-order valence-electron chi connectivity index (χ4n) is 12.5. The van der Waals surface area contributed by atoms with Gasteiger partial charge in [0.15, 0.2) is 0 Å². The van der Waals surface area contributed by atoms with Gasteiger partial charge < -0.3 is 9.80 Å². The van der Waals surface area contributed by atoms with Crippen LogP contribution >= 0.6 is 0 Å². The van der Waals surface area contributed by atoms with Crippen molar-refractivity contribution in [3.8, 4) is 22.3 Å². The highest BCUT2D eigenvalue weighted by molar-refractivity contribution is 6.21. The van der Waals surface area contributed by atoms with Gasteiger partial charge in [0.05, 0.1) is 11.1 Å². The maximum Gasteiger partial charge on any atom is 0.0517 e. The SMILES string of the molecule is CC12CCCCC1(C)N(c1ccccc1)c1ccc(-c3c4ccccc4c(-c4ccc5c(c4)C4(C)CCCCC4(C)N5c4ccccc4)c4ccccc34)cc12. The lowest BCUT2D eigenvalue weighted by Crippen LogP contribution is -2.54. The Morgan fingerprint density at radius 3 is 1.09 bits per heavy atom. The topological polar surface area (TPSA) is 6.48 Å². The molecule has 11 rings (SSSR count). The van der Waals surface area contributed by atoms with Crippen LogP contribution in [0.1, 0.15) is 90.2 Å². The van der Waals surface area contributed by atoms with Gasteiger partial charge in [0.2, 0.25) is 0 Å². The average molecular weight is 729 g/mol. The standard InChI is InChI=1S/C54H52N2/c1-51-31-15-17-33-53(51,3)55(39-19-7-5-8-20-39)47-29-27-37(35-45(47)51)49-41-23-11-13-25-43(41)50(44-26-14-12-24-42(44)49)38-28-30-48-46(36-38)52(2)32-16-18-34-54(52,4)56(48)40-21-9-6-10-22-40/h5-14,19-30,35-36H,15-18,31-34H2,1-4H3. The van der Waals surface area contributed by atoms with Crippen molar-refractivity contribution >= 4 is 44.3 Å². The summed E-state index contributed by atoms with van der Waals surface area (Å²) >= 11 is 0. The van der Waals surface area contributed by atoms with E-state index in [1.54, 1.807) is 0 Å². The summed E-state index contributed by atoms with van der Waals surface area (Å²) in [5, 5.41) is 5.32. The Kier molecular flexibility index (Phi) is 7.32. The summed E-state index contributed by atoms with van der Waals surface area (Å²) in [6.07, 6.45) is 9.93. The minimum Gasteiger partial charge on any atom is -0.334 e. The maximum atomic E-state index is 2.69. The quantitative estimate of drug-likeness (QED) is 0.167. The van der Waals surface area contributed by atoms with Crippen LogP contribution in [0.15, 0.2) is 146 Å². The first kappa shape index (κ1) is 34.0. The van der Waals surface area contributed by atoms with Crippen LogP contribution in [0.5, 0.6) is 0 Å². The second kappa shape index (κ2) is 12.1. The van der Waals surface area contributed by atoms with E-state index in [-0.39, 0.29) is 21.9 Å². The molecule has 4 aliphatic rings. The molecule has 2 fully saturated rings. The van der Waals surface area contributed by atoms with Crippen LogP contribution in [0.4, 0.5) is 22.7 Å². The van der Waals surface area contributed by atoms with E-state index < -0.39 is 0 Å². The molecule has 0 N–H and O–H groups in total.